The predicted octanol–water partition coefficient (Wildman–Crippen LogP) is 2.33. The molecule has 130 valence electrons. The Morgan fingerprint density at radius 3 is 2.65 bits per heavy atom. The van der Waals surface area contributed by atoms with Gasteiger partial charge in [0.15, 0.2) is 0 Å². The summed E-state index contributed by atoms with van der Waals surface area (Å²) in [5.74, 6) is -0.0828. The molecule has 1 aliphatic heterocycles. The minimum Gasteiger partial charge on any atom is -0.375 e. The van der Waals surface area contributed by atoms with Crippen LogP contribution in [0.25, 0.3) is 0 Å². The summed E-state index contributed by atoms with van der Waals surface area (Å²) in [6.45, 7) is 1.95. The zero-order valence-electron chi connectivity index (χ0n) is 13.4. The number of rotatable bonds is 6. The molecule has 0 aliphatic carbocycles. The van der Waals surface area contributed by atoms with Gasteiger partial charge in [0.1, 0.15) is 5.60 Å². The average Bonchev–Trinajstić information content (AvgIpc) is 2.56. The van der Waals surface area contributed by atoms with Crippen molar-refractivity contribution in [3.63, 3.8) is 0 Å². The maximum Gasteiger partial charge on any atom is 0.252 e. The molecule has 7 heteroatoms. The largest absolute Gasteiger partial charge is 0.375 e. The van der Waals surface area contributed by atoms with Gasteiger partial charge in [0.25, 0.3) is 5.91 Å². The molecule has 1 fully saturated rings. The van der Waals surface area contributed by atoms with E-state index in [0.717, 1.165) is 18.7 Å². The summed E-state index contributed by atoms with van der Waals surface area (Å²) in [6, 6.07) is 7.46. The van der Waals surface area contributed by atoms with E-state index in [1.807, 2.05) is 24.3 Å². The topological polar surface area (TPSA) is 59.6 Å². The molecular weight excluding hydrogens is 339 g/mol. The molecular formula is C16H24Cl2N2O3. The lowest BCUT2D eigenvalue weighted by atomic mass is 9.91. The van der Waals surface area contributed by atoms with Crippen LogP contribution < -0.4 is 10.6 Å². The molecule has 1 aliphatic rings. The highest BCUT2D eigenvalue weighted by atomic mass is 35.5. The summed E-state index contributed by atoms with van der Waals surface area (Å²) >= 11 is 6.01. The van der Waals surface area contributed by atoms with Gasteiger partial charge in [0.2, 0.25) is 0 Å². The third-order valence-electron chi connectivity index (χ3n) is 4.17. The fourth-order valence-corrected chi connectivity index (χ4v) is 2.94. The standard InChI is InChI=1S/C16H23ClN2O3.ClH/c1-21-14(12-4-3-5-13(17)10-12)11-19-15(20)16(22-2)6-8-18-9-7-16;/h3-5,10,14,18H,6-9,11H2,1-2H3,(H,19,20);1H. The van der Waals surface area contributed by atoms with Crippen molar-refractivity contribution in [2.75, 3.05) is 33.9 Å². The Hall–Kier alpha value is -0.850. The third kappa shape index (κ3) is 5.06. The molecule has 0 saturated carbocycles. The number of hydrogen-bond donors (Lipinski definition) is 2. The van der Waals surface area contributed by atoms with Crippen LogP contribution in [0.4, 0.5) is 0 Å². The van der Waals surface area contributed by atoms with Crippen molar-refractivity contribution in [2.45, 2.75) is 24.5 Å². The van der Waals surface area contributed by atoms with Gasteiger partial charge < -0.3 is 20.1 Å². The zero-order chi connectivity index (χ0) is 16.0. The Morgan fingerprint density at radius 2 is 2.09 bits per heavy atom. The first-order valence-corrected chi connectivity index (χ1v) is 7.81. The highest BCUT2D eigenvalue weighted by molar-refractivity contribution is 6.30. The molecule has 0 aromatic heterocycles. The summed E-state index contributed by atoms with van der Waals surface area (Å²) in [7, 11) is 3.21. The lowest BCUT2D eigenvalue weighted by Crippen LogP contribution is -2.54. The van der Waals surface area contributed by atoms with Crippen molar-refractivity contribution in [3.8, 4) is 0 Å². The number of hydrogen-bond acceptors (Lipinski definition) is 4. The van der Waals surface area contributed by atoms with Crippen molar-refractivity contribution in [3.05, 3.63) is 34.9 Å². The van der Waals surface area contributed by atoms with Gasteiger partial charge in [0.05, 0.1) is 6.10 Å². The number of halogens is 2. The van der Waals surface area contributed by atoms with Crippen LogP contribution in [0.2, 0.25) is 5.02 Å². The molecule has 1 aromatic rings. The number of ether oxygens (including phenoxy) is 2. The maximum atomic E-state index is 12.5. The van der Waals surface area contributed by atoms with Gasteiger partial charge >= 0.3 is 0 Å². The van der Waals surface area contributed by atoms with Crippen LogP contribution in [0.3, 0.4) is 0 Å². The van der Waals surface area contributed by atoms with Crippen LogP contribution in [-0.4, -0.2) is 45.4 Å². The number of amides is 1. The lowest BCUT2D eigenvalue weighted by Gasteiger charge is -2.35. The van der Waals surface area contributed by atoms with Crippen LogP contribution in [0.1, 0.15) is 24.5 Å². The Morgan fingerprint density at radius 1 is 1.39 bits per heavy atom. The molecule has 2 rings (SSSR count). The Kier molecular flexibility index (Phi) is 8.29. The molecule has 1 saturated heterocycles. The fourth-order valence-electron chi connectivity index (χ4n) is 2.75. The van der Waals surface area contributed by atoms with Crippen LogP contribution in [-0.2, 0) is 14.3 Å². The third-order valence-corrected chi connectivity index (χ3v) is 4.40. The molecule has 0 radical (unpaired) electrons. The molecule has 2 N–H and O–H groups in total. The first-order valence-electron chi connectivity index (χ1n) is 7.44. The smallest absolute Gasteiger partial charge is 0.252 e. The van der Waals surface area contributed by atoms with E-state index in [0.29, 0.717) is 24.4 Å². The molecule has 1 heterocycles. The molecule has 23 heavy (non-hydrogen) atoms. The van der Waals surface area contributed by atoms with E-state index in [1.54, 1.807) is 14.2 Å². The second-order valence-electron chi connectivity index (χ2n) is 5.44. The number of carbonyl (C=O) groups excluding carboxylic acids is 1. The van der Waals surface area contributed by atoms with E-state index < -0.39 is 5.60 Å². The number of benzene rings is 1. The van der Waals surface area contributed by atoms with Crippen molar-refractivity contribution in [1.82, 2.24) is 10.6 Å². The molecule has 0 bridgehead atoms. The predicted molar refractivity (Wildman–Crippen MR) is 93.3 cm³/mol. The normalized spacial score (nSPS) is 17.9. The first-order chi connectivity index (χ1) is 10.6. The van der Waals surface area contributed by atoms with Crippen molar-refractivity contribution >= 4 is 29.9 Å². The van der Waals surface area contributed by atoms with Gasteiger partial charge in [-0.3, -0.25) is 4.79 Å². The van der Waals surface area contributed by atoms with Gasteiger partial charge in [-0.05, 0) is 43.6 Å². The SMILES string of the molecule is COC(CNC(=O)C1(OC)CCNCC1)c1cccc(Cl)c1.Cl. The average molecular weight is 363 g/mol. The van der Waals surface area contributed by atoms with E-state index >= 15 is 0 Å². The molecule has 5 nitrogen and oxygen atoms in total. The van der Waals surface area contributed by atoms with Crippen LogP contribution >= 0.6 is 24.0 Å². The highest BCUT2D eigenvalue weighted by Crippen LogP contribution is 2.24. The van der Waals surface area contributed by atoms with Gasteiger partial charge in [0, 0.05) is 25.8 Å². The van der Waals surface area contributed by atoms with E-state index in [9.17, 15) is 4.79 Å². The van der Waals surface area contributed by atoms with Crippen molar-refractivity contribution in [2.24, 2.45) is 0 Å². The molecule has 1 atom stereocenters. The summed E-state index contributed by atoms with van der Waals surface area (Å²) in [5.41, 5.74) is 0.199. The molecule has 1 unspecified atom stereocenters. The van der Waals surface area contributed by atoms with Crippen LogP contribution in [0.5, 0.6) is 0 Å². The van der Waals surface area contributed by atoms with Gasteiger partial charge in [-0.1, -0.05) is 23.7 Å². The van der Waals surface area contributed by atoms with E-state index in [4.69, 9.17) is 21.1 Å². The molecule has 1 aromatic carbocycles. The maximum absolute atomic E-state index is 12.5. The van der Waals surface area contributed by atoms with Gasteiger partial charge in [-0.2, -0.15) is 0 Å². The van der Waals surface area contributed by atoms with Crippen molar-refractivity contribution < 1.29 is 14.3 Å². The number of nitrogens with one attached hydrogen (secondary N) is 2. The first kappa shape index (κ1) is 20.2. The number of methoxy groups -OCH3 is 2. The summed E-state index contributed by atoms with van der Waals surface area (Å²) in [4.78, 5) is 12.5. The quantitative estimate of drug-likeness (QED) is 0.815. The van der Waals surface area contributed by atoms with Gasteiger partial charge in [-0.15, -0.1) is 12.4 Å². The van der Waals surface area contributed by atoms with E-state index in [-0.39, 0.29) is 24.4 Å². The summed E-state index contributed by atoms with van der Waals surface area (Å²) < 4.78 is 11.0. The highest BCUT2D eigenvalue weighted by Gasteiger charge is 2.39. The summed E-state index contributed by atoms with van der Waals surface area (Å²) in [6.07, 6.45) is 1.10. The Bertz CT molecular complexity index is 508. The monoisotopic (exact) mass is 362 g/mol. The number of carbonyl (C=O) groups is 1. The molecule has 0 spiro atoms. The van der Waals surface area contributed by atoms with Crippen molar-refractivity contribution in [1.29, 1.82) is 0 Å². The molecule has 1 amide bonds. The minimum atomic E-state index is -0.738. The van der Waals surface area contributed by atoms with E-state index in [2.05, 4.69) is 10.6 Å². The second kappa shape index (κ2) is 9.45. The van der Waals surface area contributed by atoms with Crippen LogP contribution in [0.15, 0.2) is 24.3 Å². The second-order valence-corrected chi connectivity index (χ2v) is 5.87. The lowest BCUT2D eigenvalue weighted by molar-refractivity contribution is -0.147. The number of piperidine rings is 1. The van der Waals surface area contributed by atoms with Gasteiger partial charge in [-0.25, -0.2) is 0 Å². The zero-order valence-corrected chi connectivity index (χ0v) is 15.0. The Balaban J connectivity index is 0.00000264. The van der Waals surface area contributed by atoms with E-state index in [1.165, 1.54) is 0 Å². The fraction of sp³-hybridized carbons (Fsp3) is 0.562. The summed E-state index contributed by atoms with van der Waals surface area (Å²) in [5, 5.41) is 6.84. The Labute approximate surface area is 148 Å². The van der Waals surface area contributed by atoms with Crippen LogP contribution in [0, 0.1) is 0 Å². The minimum absolute atomic E-state index is 0.